The SMILES string of the molecule is Cc1ccc(N(c2ccc(C)cc2)c2ccc(-c3ccc4c(c3)C(C)(C)c3cc(-c5c(F)c(F)c(-c6ccc7c(c6)C(C)(C)c6cc(-c8ccc(N(c9ccc(C)cc9)c9ccc(C)cc9)cc8)ccc6-7)c(F)c5F)ccc3-4)cc2)cc1. The van der Waals surface area contributed by atoms with E-state index < -0.39 is 45.2 Å². The first-order valence-corrected chi connectivity index (χ1v) is 28.0. The Morgan fingerprint density at radius 3 is 0.683 bits per heavy atom. The minimum Gasteiger partial charge on any atom is -0.311 e. The number of nitrogens with zero attached hydrogens (tertiary/aromatic N) is 2. The minimum atomic E-state index is -1.43. The van der Waals surface area contributed by atoms with Crippen LogP contribution < -0.4 is 9.80 Å². The molecule has 2 aliphatic carbocycles. The van der Waals surface area contributed by atoms with Crippen molar-refractivity contribution in [2.75, 3.05) is 9.80 Å². The molecule has 0 amide bonds. The molecule has 6 heteroatoms. The quantitative estimate of drug-likeness (QED) is 0.0995. The lowest BCUT2D eigenvalue weighted by atomic mass is 9.80. The standard InChI is InChI=1S/C76H60F4N2/c1-45-9-25-55(26-10-45)81(56-27-11-46(2)12-28-56)59-33-17-49(18-34-59)51-21-37-61-63-39-23-53(43-67(63)75(5,6)65(61)41-51)69-71(77)73(79)70(74(80)72(69)78)54-24-40-64-62-38-22-52(42-66(62)76(7,8)68(64)44-54)50-19-35-60(36-20-50)82(57-29-13-47(3)14-30-57)58-31-15-48(4)16-32-58/h9-44H,1-8H3. The first kappa shape index (κ1) is 52.1. The molecule has 0 heterocycles. The normalized spacial score (nSPS) is 13.3. The average Bonchev–Trinajstić information content (AvgIpc) is 3.27. The number of hydrogen-bond acceptors (Lipinski definition) is 2. The molecule has 11 aromatic carbocycles. The topological polar surface area (TPSA) is 6.48 Å². The Balaban J connectivity index is 0.771. The second-order valence-corrected chi connectivity index (χ2v) is 23.4. The van der Waals surface area contributed by atoms with Crippen LogP contribution in [0, 0.1) is 51.0 Å². The van der Waals surface area contributed by atoms with E-state index in [1.54, 1.807) is 24.3 Å². The van der Waals surface area contributed by atoms with Crippen molar-refractivity contribution in [2.45, 2.75) is 66.2 Å². The summed E-state index contributed by atoms with van der Waals surface area (Å²) in [6, 6.07) is 74.0. The Kier molecular flexibility index (Phi) is 12.6. The van der Waals surface area contributed by atoms with Crippen LogP contribution >= 0.6 is 0 Å². The zero-order chi connectivity index (χ0) is 56.9. The van der Waals surface area contributed by atoms with Crippen LogP contribution in [0.25, 0.3) is 66.8 Å². The molecule has 0 aromatic heterocycles. The van der Waals surface area contributed by atoms with Gasteiger partial charge in [0.15, 0.2) is 23.3 Å². The smallest absolute Gasteiger partial charge is 0.170 e. The summed E-state index contributed by atoms with van der Waals surface area (Å²) in [6.45, 7) is 16.6. The van der Waals surface area contributed by atoms with Crippen LogP contribution in [-0.2, 0) is 10.8 Å². The van der Waals surface area contributed by atoms with Gasteiger partial charge in [0, 0.05) is 45.0 Å². The van der Waals surface area contributed by atoms with Gasteiger partial charge in [0.25, 0.3) is 0 Å². The summed E-state index contributed by atoms with van der Waals surface area (Å²) in [6.07, 6.45) is 0. The van der Waals surface area contributed by atoms with E-state index in [-0.39, 0.29) is 11.1 Å². The third-order valence-electron chi connectivity index (χ3n) is 17.3. The summed E-state index contributed by atoms with van der Waals surface area (Å²) in [7, 11) is 0. The van der Waals surface area contributed by atoms with E-state index >= 15 is 17.6 Å². The van der Waals surface area contributed by atoms with Gasteiger partial charge in [-0.05, 0) is 203 Å². The Hall–Kier alpha value is -9.26. The average molecular weight is 1080 g/mol. The van der Waals surface area contributed by atoms with Crippen molar-refractivity contribution in [3.05, 3.63) is 286 Å². The van der Waals surface area contributed by atoms with Gasteiger partial charge < -0.3 is 9.80 Å². The maximum Gasteiger partial charge on any atom is 0.170 e. The molecule has 11 aromatic rings. The monoisotopic (exact) mass is 1080 g/mol. The van der Waals surface area contributed by atoms with Crippen LogP contribution in [0.15, 0.2) is 218 Å². The molecule has 0 atom stereocenters. The van der Waals surface area contributed by atoms with Gasteiger partial charge in [0.05, 0.1) is 11.1 Å². The summed E-state index contributed by atoms with van der Waals surface area (Å²) < 4.78 is 67.0. The van der Waals surface area contributed by atoms with E-state index in [0.717, 1.165) is 101 Å². The van der Waals surface area contributed by atoms with Crippen LogP contribution in [0.4, 0.5) is 51.7 Å². The lowest BCUT2D eigenvalue weighted by Gasteiger charge is -2.26. The molecule has 0 N–H and O–H groups in total. The van der Waals surface area contributed by atoms with Gasteiger partial charge in [0.1, 0.15) is 0 Å². The number of fused-ring (bicyclic) bond motifs is 6. The zero-order valence-electron chi connectivity index (χ0n) is 47.2. The lowest BCUT2D eigenvalue weighted by molar-refractivity contribution is 0.463. The fourth-order valence-corrected chi connectivity index (χ4v) is 12.6. The van der Waals surface area contributed by atoms with E-state index in [0.29, 0.717) is 0 Å². The highest BCUT2D eigenvalue weighted by molar-refractivity contribution is 5.89. The Bertz CT molecular complexity index is 3910. The maximum absolute atomic E-state index is 16.8. The van der Waals surface area contributed by atoms with Gasteiger partial charge in [-0.25, -0.2) is 17.6 Å². The largest absolute Gasteiger partial charge is 0.311 e. The van der Waals surface area contributed by atoms with Gasteiger partial charge in [-0.1, -0.05) is 171 Å². The molecule has 82 heavy (non-hydrogen) atoms. The van der Waals surface area contributed by atoms with Crippen LogP contribution in [0.5, 0.6) is 0 Å². The summed E-state index contributed by atoms with van der Waals surface area (Å²) in [5.41, 5.74) is 20.1. The summed E-state index contributed by atoms with van der Waals surface area (Å²) in [5, 5.41) is 0. The predicted octanol–water partition coefficient (Wildman–Crippen LogP) is 21.7. The molecular formula is C76H60F4N2. The van der Waals surface area contributed by atoms with Crippen molar-refractivity contribution in [2.24, 2.45) is 0 Å². The van der Waals surface area contributed by atoms with Crippen molar-refractivity contribution >= 4 is 34.1 Å². The highest BCUT2D eigenvalue weighted by Gasteiger charge is 2.39. The molecule has 13 rings (SSSR count). The van der Waals surface area contributed by atoms with Gasteiger partial charge in [-0.15, -0.1) is 0 Å². The molecule has 0 unspecified atom stereocenters. The van der Waals surface area contributed by atoms with Crippen LogP contribution in [-0.4, -0.2) is 0 Å². The van der Waals surface area contributed by atoms with E-state index in [1.165, 1.54) is 22.3 Å². The molecule has 0 aliphatic heterocycles. The number of hydrogen-bond donors (Lipinski definition) is 0. The van der Waals surface area contributed by atoms with Gasteiger partial charge in [-0.3, -0.25) is 0 Å². The molecule has 2 nitrogen and oxygen atoms in total. The van der Waals surface area contributed by atoms with E-state index in [2.05, 4.69) is 247 Å². The highest BCUT2D eigenvalue weighted by Crippen LogP contribution is 2.54. The molecular weight excluding hydrogens is 1020 g/mol. The third-order valence-corrected chi connectivity index (χ3v) is 17.3. The lowest BCUT2D eigenvalue weighted by Crippen LogP contribution is -2.15. The number of anilines is 6. The number of halogens is 4. The summed E-state index contributed by atoms with van der Waals surface area (Å²) in [5.74, 6) is -5.74. The van der Waals surface area contributed by atoms with Gasteiger partial charge >= 0.3 is 0 Å². The first-order chi connectivity index (χ1) is 39.4. The third kappa shape index (κ3) is 8.71. The molecule has 402 valence electrons. The van der Waals surface area contributed by atoms with E-state index in [4.69, 9.17) is 0 Å². The predicted molar refractivity (Wildman–Crippen MR) is 331 cm³/mol. The fraction of sp³-hybridized carbons (Fsp3) is 0.132. The zero-order valence-corrected chi connectivity index (χ0v) is 47.2. The van der Waals surface area contributed by atoms with E-state index in [9.17, 15) is 0 Å². The fourth-order valence-electron chi connectivity index (χ4n) is 12.6. The first-order valence-electron chi connectivity index (χ1n) is 28.0. The highest BCUT2D eigenvalue weighted by atomic mass is 19.2. The number of benzene rings is 11. The Labute approximate surface area is 478 Å². The number of rotatable bonds is 10. The Morgan fingerprint density at radius 1 is 0.244 bits per heavy atom. The van der Waals surface area contributed by atoms with Crippen molar-refractivity contribution in [3.8, 4) is 66.8 Å². The molecule has 0 radical (unpaired) electrons. The maximum atomic E-state index is 16.8. The molecule has 0 saturated heterocycles. The van der Waals surface area contributed by atoms with Crippen molar-refractivity contribution in [3.63, 3.8) is 0 Å². The number of aryl methyl sites for hydroxylation is 4. The minimum absolute atomic E-state index is 0.0624. The molecule has 0 saturated carbocycles. The van der Waals surface area contributed by atoms with Crippen molar-refractivity contribution in [1.82, 2.24) is 0 Å². The molecule has 0 bridgehead atoms. The summed E-state index contributed by atoms with van der Waals surface area (Å²) >= 11 is 0. The van der Waals surface area contributed by atoms with Crippen LogP contribution in [0.3, 0.4) is 0 Å². The van der Waals surface area contributed by atoms with Crippen molar-refractivity contribution in [1.29, 1.82) is 0 Å². The second kappa shape index (κ2) is 19.8. The summed E-state index contributed by atoms with van der Waals surface area (Å²) in [4.78, 5) is 4.49. The van der Waals surface area contributed by atoms with E-state index in [1.807, 2.05) is 12.1 Å². The van der Waals surface area contributed by atoms with Crippen LogP contribution in [0.2, 0.25) is 0 Å². The van der Waals surface area contributed by atoms with Gasteiger partial charge in [-0.2, -0.15) is 0 Å². The Morgan fingerprint density at radius 2 is 0.439 bits per heavy atom. The molecule has 0 spiro atoms. The molecule has 0 fully saturated rings. The van der Waals surface area contributed by atoms with Crippen molar-refractivity contribution < 1.29 is 17.6 Å². The molecule has 2 aliphatic rings. The van der Waals surface area contributed by atoms with Crippen LogP contribution in [0.1, 0.15) is 72.2 Å². The second-order valence-electron chi connectivity index (χ2n) is 23.4. The van der Waals surface area contributed by atoms with Gasteiger partial charge in [0.2, 0.25) is 0 Å².